The van der Waals surface area contributed by atoms with E-state index in [2.05, 4.69) is 4.98 Å². The van der Waals surface area contributed by atoms with E-state index in [4.69, 9.17) is 16.3 Å². The van der Waals surface area contributed by atoms with E-state index in [1.807, 2.05) is 0 Å². The van der Waals surface area contributed by atoms with Crippen LogP contribution >= 0.6 is 0 Å². The summed E-state index contributed by atoms with van der Waals surface area (Å²) in [6.45, 7) is 0. The van der Waals surface area contributed by atoms with Crippen molar-refractivity contribution in [2.24, 2.45) is 0 Å². The summed E-state index contributed by atoms with van der Waals surface area (Å²) in [6, 6.07) is 4.36. The molecule has 0 amide bonds. The molecule has 0 aromatic carbocycles. The van der Waals surface area contributed by atoms with Crippen molar-refractivity contribution in [2.75, 3.05) is 5.73 Å². The van der Waals surface area contributed by atoms with Crippen LogP contribution in [0.3, 0.4) is 0 Å². The lowest BCUT2D eigenvalue weighted by Crippen LogP contribution is -2.04. The minimum atomic E-state index is -2.75. The van der Waals surface area contributed by atoms with Gasteiger partial charge in [-0.05, 0) is 6.07 Å². The Balaban J connectivity index is 3.35. The van der Waals surface area contributed by atoms with Gasteiger partial charge in [0.15, 0.2) is 5.69 Å². The maximum absolute atomic E-state index is 12.5. The van der Waals surface area contributed by atoms with Gasteiger partial charge in [-0.1, -0.05) is 0 Å². The summed E-state index contributed by atoms with van der Waals surface area (Å²) in [7, 11) is 0. The molecular weight excluding hydrogens is 202 g/mol. The zero-order valence-electron chi connectivity index (χ0n) is 7.54. The van der Waals surface area contributed by atoms with Crippen molar-refractivity contribution < 1.29 is 8.78 Å². The average molecular weight is 208 g/mol. The number of hydrogen-bond acceptors (Lipinski definition) is 4. The van der Waals surface area contributed by atoms with Crippen LogP contribution < -0.4 is 5.73 Å². The fourth-order valence-electron chi connectivity index (χ4n) is 1.08. The summed E-state index contributed by atoms with van der Waals surface area (Å²) in [5.41, 5.74) is 4.60. The Morgan fingerprint density at radius 1 is 1.47 bits per heavy atom. The second kappa shape index (κ2) is 4.34. The van der Waals surface area contributed by atoms with Gasteiger partial charge in [-0.15, -0.1) is 0 Å². The van der Waals surface area contributed by atoms with Gasteiger partial charge in [0.05, 0.1) is 23.9 Å². The predicted molar refractivity (Wildman–Crippen MR) is 47.6 cm³/mol. The number of alkyl halides is 2. The van der Waals surface area contributed by atoms with E-state index in [0.29, 0.717) is 0 Å². The van der Waals surface area contributed by atoms with Gasteiger partial charge in [0.2, 0.25) is 0 Å². The highest BCUT2D eigenvalue weighted by molar-refractivity contribution is 5.53. The molecule has 1 aromatic rings. The van der Waals surface area contributed by atoms with Crippen molar-refractivity contribution in [2.45, 2.75) is 12.8 Å². The monoisotopic (exact) mass is 208 g/mol. The van der Waals surface area contributed by atoms with Gasteiger partial charge in [0.1, 0.15) is 6.07 Å². The van der Waals surface area contributed by atoms with E-state index in [0.717, 1.165) is 6.07 Å². The number of nitrogens with two attached hydrogens (primary N) is 1. The predicted octanol–water partition coefficient (Wildman–Crippen LogP) is 1.54. The molecule has 1 heterocycles. The third kappa shape index (κ3) is 2.18. The Bertz CT molecular complexity index is 456. The first-order chi connectivity index (χ1) is 7.10. The van der Waals surface area contributed by atoms with E-state index >= 15 is 0 Å². The van der Waals surface area contributed by atoms with Crippen molar-refractivity contribution in [1.82, 2.24) is 4.98 Å². The highest BCUT2D eigenvalue weighted by Crippen LogP contribution is 2.25. The molecule has 1 rings (SSSR count). The van der Waals surface area contributed by atoms with Crippen LogP contribution in [0.15, 0.2) is 6.07 Å². The van der Waals surface area contributed by atoms with Gasteiger partial charge < -0.3 is 5.73 Å². The maximum atomic E-state index is 12.5. The molecule has 0 aliphatic rings. The zero-order chi connectivity index (χ0) is 11.4. The smallest absolute Gasteiger partial charge is 0.265 e. The minimum absolute atomic E-state index is 0.0988. The standard InChI is InChI=1S/C9H6F2N4/c10-9(11)5-3-6(14)8(4-13)15-7(5)1-2-12/h3,9H,1,14H2. The molecule has 2 N–H and O–H groups in total. The van der Waals surface area contributed by atoms with Crippen molar-refractivity contribution in [3.63, 3.8) is 0 Å². The van der Waals surface area contributed by atoms with Crippen LogP contribution in [0, 0.1) is 22.7 Å². The molecule has 0 atom stereocenters. The van der Waals surface area contributed by atoms with Crippen LogP contribution in [0.4, 0.5) is 14.5 Å². The number of halogens is 2. The summed E-state index contributed by atoms with van der Waals surface area (Å²) in [4.78, 5) is 3.61. The molecule has 0 fully saturated rings. The molecule has 0 saturated heterocycles. The summed E-state index contributed by atoms with van der Waals surface area (Å²) < 4.78 is 25.0. The quantitative estimate of drug-likeness (QED) is 0.798. The normalized spacial score (nSPS) is 9.67. The molecule has 0 spiro atoms. The Morgan fingerprint density at radius 3 is 2.60 bits per heavy atom. The zero-order valence-corrected chi connectivity index (χ0v) is 7.54. The van der Waals surface area contributed by atoms with Crippen molar-refractivity contribution in [3.8, 4) is 12.1 Å². The number of nitrogens with zero attached hydrogens (tertiary/aromatic N) is 3. The first-order valence-corrected chi connectivity index (χ1v) is 3.94. The third-order valence-electron chi connectivity index (χ3n) is 1.75. The molecule has 15 heavy (non-hydrogen) atoms. The van der Waals surface area contributed by atoms with Crippen molar-refractivity contribution >= 4 is 5.69 Å². The molecule has 0 saturated carbocycles. The van der Waals surface area contributed by atoms with Gasteiger partial charge in [-0.3, -0.25) is 0 Å². The summed E-state index contributed by atoms with van der Waals surface area (Å²) in [5, 5.41) is 17.0. The Kier molecular flexibility index (Phi) is 3.14. The molecular formula is C9H6F2N4. The second-order valence-electron chi connectivity index (χ2n) is 2.71. The van der Waals surface area contributed by atoms with E-state index in [1.165, 1.54) is 0 Å². The molecule has 76 valence electrons. The van der Waals surface area contributed by atoms with Crippen LogP contribution in [0.25, 0.3) is 0 Å². The summed E-state index contributed by atoms with van der Waals surface area (Å²) in [5.74, 6) is 0. The molecule has 4 nitrogen and oxygen atoms in total. The van der Waals surface area contributed by atoms with Crippen LogP contribution in [0.2, 0.25) is 0 Å². The van der Waals surface area contributed by atoms with Crippen molar-refractivity contribution in [1.29, 1.82) is 10.5 Å². The van der Waals surface area contributed by atoms with Gasteiger partial charge >= 0.3 is 0 Å². The lowest BCUT2D eigenvalue weighted by atomic mass is 10.1. The average Bonchev–Trinajstić information content (AvgIpc) is 2.20. The number of anilines is 1. The van der Waals surface area contributed by atoms with Gasteiger partial charge in [-0.2, -0.15) is 10.5 Å². The fraction of sp³-hybridized carbons (Fsp3) is 0.222. The molecule has 0 aliphatic heterocycles. The molecule has 0 radical (unpaired) electrons. The molecule has 0 aliphatic carbocycles. The van der Waals surface area contributed by atoms with Gasteiger partial charge in [0.25, 0.3) is 6.43 Å². The van der Waals surface area contributed by atoms with Crippen LogP contribution in [0.1, 0.15) is 23.4 Å². The first-order valence-electron chi connectivity index (χ1n) is 3.94. The molecule has 6 heteroatoms. The SMILES string of the molecule is N#CCc1nc(C#N)c(N)cc1C(F)F. The van der Waals surface area contributed by atoms with E-state index < -0.39 is 12.0 Å². The molecule has 1 aromatic heterocycles. The number of rotatable bonds is 2. The Hall–Kier alpha value is -2.21. The molecule has 0 bridgehead atoms. The topological polar surface area (TPSA) is 86.5 Å². The van der Waals surface area contributed by atoms with E-state index in [9.17, 15) is 8.78 Å². The lowest BCUT2D eigenvalue weighted by molar-refractivity contribution is 0.150. The van der Waals surface area contributed by atoms with Gasteiger partial charge in [0, 0.05) is 5.56 Å². The number of aromatic nitrogens is 1. The van der Waals surface area contributed by atoms with E-state index in [-0.39, 0.29) is 23.5 Å². The number of nitrogen functional groups attached to an aromatic ring is 1. The maximum Gasteiger partial charge on any atom is 0.265 e. The number of hydrogen-bond donors (Lipinski definition) is 1. The number of pyridine rings is 1. The second-order valence-corrected chi connectivity index (χ2v) is 2.71. The fourth-order valence-corrected chi connectivity index (χ4v) is 1.08. The van der Waals surface area contributed by atoms with Gasteiger partial charge in [-0.25, -0.2) is 13.8 Å². The van der Waals surface area contributed by atoms with Crippen molar-refractivity contribution in [3.05, 3.63) is 23.0 Å². The summed E-state index contributed by atoms with van der Waals surface area (Å²) in [6.07, 6.45) is -3.02. The Morgan fingerprint density at radius 2 is 2.13 bits per heavy atom. The highest BCUT2D eigenvalue weighted by Gasteiger charge is 2.16. The van der Waals surface area contributed by atoms with Crippen LogP contribution in [-0.2, 0) is 6.42 Å². The van der Waals surface area contributed by atoms with Crippen LogP contribution in [-0.4, -0.2) is 4.98 Å². The lowest BCUT2D eigenvalue weighted by Gasteiger charge is -2.07. The minimum Gasteiger partial charge on any atom is -0.396 e. The number of nitriles is 2. The van der Waals surface area contributed by atoms with E-state index in [1.54, 1.807) is 12.1 Å². The largest absolute Gasteiger partial charge is 0.396 e. The summed E-state index contributed by atoms with van der Waals surface area (Å²) >= 11 is 0. The highest BCUT2D eigenvalue weighted by atomic mass is 19.3. The third-order valence-corrected chi connectivity index (χ3v) is 1.75. The molecule has 0 unspecified atom stereocenters. The Labute approximate surface area is 84.6 Å². The first kappa shape index (κ1) is 10.9. The van der Waals surface area contributed by atoms with Crippen LogP contribution in [0.5, 0.6) is 0 Å².